The van der Waals surface area contributed by atoms with Crippen LogP contribution in [0.5, 0.6) is 5.75 Å². The average molecular weight is 259 g/mol. The summed E-state index contributed by atoms with van der Waals surface area (Å²) in [6.45, 7) is 0. The minimum atomic E-state index is -3.49. The van der Waals surface area contributed by atoms with Crippen LogP contribution in [0.2, 0.25) is 0 Å². The second-order valence-electron chi connectivity index (χ2n) is 3.72. The molecule has 0 heterocycles. The molecular formula is C10H13NO5S. The lowest BCUT2D eigenvalue weighted by atomic mass is 10.1. The third kappa shape index (κ3) is 3.43. The molecule has 0 saturated heterocycles. The fourth-order valence-electron chi connectivity index (χ4n) is 1.34. The lowest BCUT2D eigenvalue weighted by Crippen LogP contribution is -2.32. The molecule has 1 aromatic carbocycles. The van der Waals surface area contributed by atoms with Gasteiger partial charge in [-0.15, -0.1) is 0 Å². The molecule has 1 unspecified atom stereocenters. The minimum Gasteiger partial charge on any atom is -0.507 e. The lowest BCUT2D eigenvalue weighted by Gasteiger charge is -2.08. The van der Waals surface area contributed by atoms with E-state index in [-0.39, 0.29) is 11.3 Å². The Balaban J connectivity index is 3.02. The first-order chi connectivity index (χ1) is 7.71. The third-order valence-corrected chi connectivity index (χ3v) is 3.34. The molecule has 0 aliphatic heterocycles. The van der Waals surface area contributed by atoms with Crippen LogP contribution < -0.4 is 5.73 Å². The fourth-order valence-corrected chi connectivity index (χ4v) is 2.10. The summed E-state index contributed by atoms with van der Waals surface area (Å²) in [6.07, 6.45) is 0.998. The van der Waals surface area contributed by atoms with Crippen LogP contribution in [0.4, 0.5) is 0 Å². The summed E-state index contributed by atoms with van der Waals surface area (Å²) in [5, 5.41) is 18.1. The number of hydrogen-bond acceptors (Lipinski definition) is 5. The smallest absolute Gasteiger partial charge is 0.320 e. The van der Waals surface area contributed by atoms with Crippen LogP contribution in [0.3, 0.4) is 0 Å². The Morgan fingerprint density at radius 1 is 1.47 bits per heavy atom. The van der Waals surface area contributed by atoms with E-state index < -0.39 is 27.6 Å². The van der Waals surface area contributed by atoms with E-state index in [9.17, 15) is 18.3 Å². The van der Waals surface area contributed by atoms with Gasteiger partial charge in [0.15, 0.2) is 9.84 Å². The average Bonchev–Trinajstić information content (AvgIpc) is 2.15. The number of carboxylic acid groups (broad SMARTS) is 1. The van der Waals surface area contributed by atoms with Gasteiger partial charge in [0.05, 0.1) is 0 Å². The van der Waals surface area contributed by atoms with Gasteiger partial charge < -0.3 is 15.9 Å². The van der Waals surface area contributed by atoms with E-state index in [1.165, 1.54) is 18.2 Å². The van der Waals surface area contributed by atoms with Crippen LogP contribution >= 0.6 is 0 Å². The molecule has 0 amide bonds. The summed E-state index contributed by atoms with van der Waals surface area (Å²) in [5.74, 6) is -1.56. The second-order valence-corrected chi connectivity index (χ2v) is 5.71. The maximum absolute atomic E-state index is 11.2. The minimum absolute atomic E-state index is 0.0208. The molecule has 0 aromatic heterocycles. The van der Waals surface area contributed by atoms with E-state index in [2.05, 4.69) is 0 Å². The van der Waals surface area contributed by atoms with Crippen LogP contribution in [-0.4, -0.2) is 36.9 Å². The first-order valence-electron chi connectivity index (χ1n) is 4.72. The van der Waals surface area contributed by atoms with Crippen molar-refractivity contribution in [1.82, 2.24) is 0 Å². The molecular weight excluding hydrogens is 246 g/mol. The highest BCUT2D eigenvalue weighted by Gasteiger charge is 2.16. The largest absolute Gasteiger partial charge is 0.507 e. The van der Waals surface area contributed by atoms with Gasteiger partial charge in [-0.05, 0) is 24.1 Å². The van der Waals surface area contributed by atoms with Crippen molar-refractivity contribution in [3.63, 3.8) is 0 Å². The Kier molecular flexibility index (Phi) is 3.74. The van der Waals surface area contributed by atoms with Gasteiger partial charge in [-0.1, -0.05) is 6.07 Å². The number of phenols is 1. The molecule has 94 valence electrons. The number of aromatic hydroxyl groups is 1. The molecule has 0 aliphatic rings. The van der Waals surface area contributed by atoms with Crippen molar-refractivity contribution in [3.8, 4) is 5.75 Å². The van der Waals surface area contributed by atoms with Gasteiger partial charge in [-0.25, -0.2) is 8.42 Å². The van der Waals surface area contributed by atoms with Gasteiger partial charge in [-0.3, -0.25) is 4.79 Å². The zero-order valence-electron chi connectivity index (χ0n) is 9.12. The number of aliphatic carboxylic acids is 1. The van der Waals surface area contributed by atoms with Crippen molar-refractivity contribution in [2.24, 2.45) is 5.73 Å². The summed E-state index contributed by atoms with van der Waals surface area (Å²) in [6, 6.07) is 2.78. The first-order valence-corrected chi connectivity index (χ1v) is 6.61. The van der Waals surface area contributed by atoms with Crippen molar-refractivity contribution in [1.29, 1.82) is 0 Å². The number of rotatable bonds is 4. The number of nitrogens with two attached hydrogens (primary N) is 1. The molecule has 7 heteroatoms. The normalized spacial score (nSPS) is 13.3. The molecule has 0 bridgehead atoms. The maximum atomic E-state index is 11.2. The summed E-state index contributed by atoms with van der Waals surface area (Å²) in [7, 11) is -3.49. The summed E-state index contributed by atoms with van der Waals surface area (Å²) < 4.78 is 22.4. The molecule has 0 radical (unpaired) electrons. The molecule has 0 saturated carbocycles. The van der Waals surface area contributed by atoms with Gasteiger partial charge in [-0.2, -0.15) is 0 Å². The van der Waals surface area contributed by atoms with E-state index in [1.54, 1.807) is 0 Å². The van der Waals surface area contributed by atoms with Crippen LogP contribution in [-0.2, 0) is 21.1 Å². The molecule has 0 spiro atoms. The van der Waals surface area contributed by atoms with E-state index in [0.29, 0.717) is 5.56 Å². The van der Waals surface area contributed by atoms with Crippen molar-refractivity contribution >= 4 is 15.8 Å². The SMILES string of the molecule is CS(=O)(=O)c1ccc(CC(N)C(=O)O)cc1O. The zero-order valence-corrected chi connectivity index (χ0v) is 9.94. The van der Waals surface area contributed by atoms with E-state index >= 15 is 0 Å². The fraction of sp³-hybridized carbons (Fsp3) is 0.300. The summed E-state index contributed by atoms with van der Waals surface area (Å²) in [5.41, 5.74) is 5.79. The Hall–Kier alpha value is -1.60. The van der Waals surface area contributed by atoms with Crippen molar-refractivity contribution in [3.05, 3.63) is 23.8 Å². The lowest BCUT2D eigenvalue weighted by molar-refractivity contribution is -0.138. The highest BCUT2D eigenvalue weighted by molar-refractivity contribution is 7.90. The van der Waals surface area contributed by atoms with Gasteiger partial charge in [0.1, 0.15) is 16.7 Å². The van der Waals surface area contributed by atoms with Crippen LogP contribution in [0.1, 0.15) is 5.56 Å². The number of benzene rings is 1. The van der Waals surface area contributed by atoms with E-state index in [0.717, 1.165) is 6.26 Å². The standard InChI is InChI=1S/C10H13NO5S/c1-17(15,16)9-3-2-6(5-8(9)12)4-7(11)10(13)14/h2-3,5,7,12H,4,11H2,1H3,(H,13,14). The monoisotopic (exact) mass is 259 g/mol. The van der Waals surface area contributed by atoms with E-state index in [4.69, 9.17) is 10.8 Å². The topological polar surface area (TPSA) is 118 Å². The van der Waals surface area contributed by atoms with Gasteiger partial charge in [0.2, 0.25) is 0 Å². The van der Waals surface area contributed by atoms with Crippen molar-refractivity contribution < 1.29 is 23.4 Å². The number of sulfone groups is 1. The maximum Gasteiger partial charge on any atom is 0.320 e. The molecule has 1 rings (SSSR count). The Morgan fingerprint density at radius 3 is 2.47 bits per heavy atom. The van der Waals surface area contributed by atoms with Crippen molar-refractivity contribution in [2.45, 2.75) is 17.4 Å². The quantitative estimate of drug-likeness (QED) is 0.686. The highest BCUT2D eigenvalue weighted by Crippen LogP contribution is 2.24. The first kappa shape index (κ1) is 13.5. The van der Waals surface area contributed by atoms with Crippen molar-refractivity contribution in [2.75, 3.05) is 6.26 Å². The molecule has 4 N–H and O–H groups in total. The zero-order chi connectivity index (χ0) is 13.2. The van der Waals surface area contributed by atoms with Crippen LogP contribution in [0.25, 0.3) is 0 Å². The molecule has 6 nitrogen and oxygen atoms in total. The summed E-state index contributed by atoms with van der Waals surface area (Å²) in [4.78, 5) is 10.3. The highest BCUT2D eigenvalue weighted by atomic mass is 32.2. The van der Waals surface area contributed by atoms with Gasteiger partial charge in [0.25, 0.3) is 0 Å². The molecule has 1 atom stereocenters. The van der Waals surface area contributed by atoms with Gasteiger partial charge >= 0.3 is 5.97 Å². The number of hydrogen-bond donors (Lipinski definition) is 3. The Morgan fingerprint density at radius 2 is 2.06 bits per heavy atom. The molecule has 17 heavy (non-hydrogen) atoms. The number of phenolic OH excluding ortho intramolecular Hbond substituents is 1. The molecule has 0 aliphatic carbocycles. The summed E-state index contributed by atoms with van der Waals surface area (Å²) >= 11 is 0. The number of carboxylic acids is 1. The Labute approximate surface area is 98.6 Å². The predicted octanol–water partition coefficient (Wildman–Crippen LogP) is -0.250. The second kappa shape index (κ2) is 4.72. The third-order valence-electron chi connectivity index (χ3n) is 2.20. The Bertz CT molecular complexity index is 538. The molecule has 1 aromatic rings. The predicted molar refractivity (Wildman–Crippen MR) is 60.5 cm³/mol. The molecule has 0 fully saturated rings. The van der Waals surface area contributed by atoms with Crippen LogP contribution in [0.15, 0.2) is 23.1 Å². The van der Waals surface area contributed by atoms with E-state index in [1.807, 2.05) is 0 Å². The number of carbonyl (C=O) groups is 1. The van der Waals surface area contributed by atoms with Gasteiger partial charge in [0, 0.05) is 6.26 Å². The van der Waals surface area contributed by atoms with Crippen LogP contribution in [0, 0.1) is 0 Å².